The largest absolute Gasteiger partial charge is 0.481 e. The molecule has 78 valence electrons. The summed E-state index contributed by atoms with van der Waals surface area (Å²) in [5.41, 5.74) is -0.537. The molecular weight excluding hydrogens is 180 g/mol. The summed E-state index contributed by atoms with van der Waals surface area (Å²) < 4.78 is 0. The number of rotatable bonds is 4. The molecule has 0 saturated carbocycles. The molecule has 0 aliphatic carbocycles. The van der Waals surface area contributed by atoms with Crippen molar-refractivity contribution in [1.82, 2.24) is 0 Å². The molecule has 0 spiro atoms. The van der Waals surface area contributed by atoms with E-state index in [9.17, 15) is 9.90 Å². The van der Waals surface area contributed by atoms with Gasteiger partial charge in [0.2, 0.25) is 0 Å². The first kappa shape index (κ1) is 12.7. The number of hydrogen-bond donors (Lipinski definition) is 1. The van der Waals surface area contributed by atoms with Crippen LogP contribution >= 0.6 is 0 Å². The zero-order chi connectivity index (χ0) is 10.9. The van der Waals surface area contributed by atoms with E-state index in [0.29, 0.717) is 0 Å². The molecule has 0 bridgehead atoms. The maximum absolute atomic E-state index is 11.2. The van der Waals surface area contributed by atoms with Crippen LogP contribution in [0.15, 0.2) is 0 Å². The molecule has 3 heteroatoms. The topological polar surface area (TPSA) is 37.3 Å². The zero-order valence-corrected chi connectivity index (χ0v) is 10.6. The van der Waals surface area contributed by atoms with Gasteiger partial charge in [-0.05, 0) is 18.9 Å². The number of carbonyl (C=O) groups is 1. The average Bonchev–Trinajstić information content (AvgIpc) is 1.82. The van der Waals surface area contributed by atoms with E-state index in [-0.39, 0.29) is 5.92 Å². The number of hydrogen-bond acceptors (Lipinski definition) is 1. The minimum Gasteiger partial charge on any atom is -0.481 e. The minimum atomic E-state index is -1.30. The van der Waals surface area contributed by atoms with Crippen LogP contribution in [0.25, 0.3) is 0 Å². The van der Waals surface area contributed by atoms with Crippen LogP contribution in [0.2, 0.25) is 25.7 Å². The highest BCUT2D eigenvalue weighted by Gasteiger charge is 2.40. The van der Waals surface area contributed by atoms with Gasteiger partial charge in [-0.3, -0.25) is 4.79 Å². The van der Waals surface area contributed by atoms with Crippen molar-refractivity contribution in [2.45, 2.75) is 46.5 Å². The highest BCUT2D eigenvalue weighted by Crippen LogP contribution is 2.36. The van der Waals surface area contributed by atoms with Gasteiger partial charge in [0.05, 0.1) is 5.41 Å². The van der Waals surface area contributed by atoms with Gasteiger partial charge in [-0.25, -0.2) is 0 Å². The molecule has 0 heterocycles. The van der Waals surface area contributed by atoms with Crippen molar-refractivity contribution in [1.29, 1.82) is 0 Å². The van der Waals surface area contributed by atoms with Crippen molar-refractivity contribution in [2.24, 2.45) is 11.3 Å². The minimum absolute atomic E-state index is 0.205. The first-order valence-corrected chi connectivity index (χ1v) is 8.54. The number of carboxylic acids is 1. The fourth-order valence-corrected chi connectivity index (χ4v) is 4.39. The van der Waals surface area contributed by atoms with Crippen molar-refractivity contribution in [3.8, 4) is 0 Å². The van der Waals surface area contributed by atoms with Crippen molar-refractivity contribution in [2.75, 3.05) is 0 Å². The Hall–Kier alpha value is -0.313. The molecule has 0 amide bonds. The van der Waals surface area contributed by atoms with E-state index in [2.05, 4.69) is 19.6 Å². The third-order valence-electron chi connectivity index (χ3n) is 2.66. The first-order chi connectivity index (χ1) is 5.59. The monoisotopic (exact) mass is 202 g/mol. The Kier molecular flexibility index (Phi) is 3.73. The second-order valence-corrected chi connectivity index (χ2v) is 11.1. The van der Waals surface area contributed by atoms with Gasteiger partial charge in [0.1, 0.15) is 0 Å². The molecule has 0 aliphatic rings. The van der Waals surface area contributed by atoms with Gasteiger partial charge in [0, 0.05) is 8.07 Å². The summed E-state index contributed by atoms with van der Waals surface area (Å²) in [6.45, 7) is 12.5. The smallest absolute Gasteiger partial charge is 0.309 e. The lowest BCUT2D eigenvalue weighted by Gasteiger charge is -2.34. The van der Waals surface area contributed by atoms with E-state index >= 15 is 0 Å². The van der Waals surface area contributed by atoms with Gasteiger partial charge in [0.15, 0.2) is 0 Å². The fourth-order valence-electron chi connectivity index (χ4n) is 1.63. The third kappa shape index (κ3) is 3.51. The number of aliphatic carboxylic acids is 1. The van der Waals surface area contributed by atoms with Gasteiger partial charge in [0.25, 0.3) is 0 Å². The van der Waals surface area contributed by atoms with Crippen LogP contribution in [-0.4, -0.2) is 19.1 Å². The summed E-state index contributed by atoms with van der Waals surface area (Å²) in [5.74, 6) is -0.443. The predicted octanol–water partition coefficient (Wildman–Crippen LogP) is 3.07. The highest BCUT2D eigenvalue weighted by molar-refractivity contribution is 6.76. The molecule has 0 aromatic carbocycles. The molecule has 2 nitrogen and oxygen atoms in total. The molecule has 0 fully saturated rings. The van der Waals surface area contributed by atoms with Crippen LogP contribution in [0.5, 0.6) is 0 Å². The third-order valence-corrected chi connectivity index (χ3v) is 4.46. The second-order valence-electron chi connectivity index (χ2n) is 5.61. The van der Waals surface area contributed by atoms with Crippen molar-refractivity contribution in [3.63, 3.8) is 0 Å². The van der Waals surface area contributed by atoms with Crippen LogP contribution < -0.4 is 0 Å². The standard InChI is InChI=1S/C10H22O2Si/c1-8(2)10(3,9(11)12)7-13(4,5)6/h8H,7H2,1-6H3,(H,11,12). The van der Waals surface area contributed by atoms with Gasteiger partial charge < -0.3 is 5.11 Å². The van der Waals surface area contributed by atoms with Gasteiger partial charge in [-0.2, -0.15) is 0 Å². The van der Waals surface area contributed by atoms with Crippen molar-refractivity contribution in [3.05, 3.63) is 0 Å². The Bertz CT molecular complexity index is 194. The molecule has 13 heavy (non-hydrogen) atoms. The molecule has 0 rings (SSSR count). The summed E-state index contributed by atoms with van der Waals surface area (Å²) in [5, 5.41) is 9.19. The van der Waals surface area contributed by atoms with E-state index < -0.39 is 19.5 Å². The molecule has 1 unspecified atom stereocenters. The Labute approximate surface area is 82.4 Å². The Morgan fingerprint density at radius 3 is 1.85 bits per heavy atom. The molecule has 0 aromatic rings. The normalized spacial score (nSPS) is 17.2. The molecule has 1 atom stereocenters. The van der Waals surface area contributed by atoms with Gasteiger partial charge in [-0.1, -0.05) is 33.5 Å². The zero-order valence-electron chi connectivity index (χ0n) is 9.64. The summed E-state index contributed by atoms with van der Waals surface area (Å²) in [6.07, 6.45) is 0. The average molecular weight is 202 g/mol. The number of carboxylic acid groups (broad SMARTS) is 1. The van der Waals surface area contributed by atoms with E-state index in [0.717, 1.165) is 6.04 Å². The highest BCUT2D eigenvalue weighted by atomic mass is 28.3. The first-order valence-electron chi connectivity index (χ1n) is 4.83. The maximum atomic E-state index is 11.2. The van der Waals surface area contributed by atoms with Crippen molar-refractivity contribution < 1.29 is 9.90 Å². The fraction of sp³-hybridized carbons (Fsp3) is 0.900. The Morgan fingerprint density at radius 2 is 1.77 bits per heavy atom. The van der Waals surface area contributed by atoms with E-state index in [1.165, 1.54) is 0 Å². The SMILES string of the molecule is CC(C)C(C)(C[Si](C)(C)C)C(=O)O. The van der Waals surface area contributed by atoms with Crippen LogP contribution in [0.3, 0.4) is 0 Å². The molecule has 0 saturated heterocycles. The molecule has 0 aliphatic heterocycles. The quantitative estimate of drug-likeness (QED) is 0.711. The summed E-state index contributed by atoms with van der Waals surface area (Å²) >= 11 is 0. The second kappa shape index (κ2) is 3.82. The maximum Gasteiger partial charge on any atom is 0.309 e. The Balaban J connectivity index is 4.73. The van der Waals surface area contributed by atoms with Crippen LogP contribution in [0.4, 0.5) is 0 Å². The van der Waals surface area contributed by atoms with Gasteiger partial charge in [-0.15, -0.1) is 0 Å². The summed E-state index contributed by atoms with van der Waals surface area (Å²) in [4.78, 5) is 11.2. The Morgan fingerprint density at radius 1 is 1.38 bits per heavy atom. The predicted molar refractivity (Wildman–Crippen MR) is 58.7 cm³/mol. The lowest BCUT2D eigenvalue weighted by atomic mass is 9.81. The van der Waals surface area contributed by atoms with Crippen LogP contribution in [-0.2, 0) is 4.79 Å². The lowest BCUT2D eigenvalue weighted by Crippen LogP contribution is -2.40. The lowest BCUT2D eigenvalue weighted by molar-refractivity contribution is -0.149. The van der Waals surface area contributed by atoms with E-state index in [1.807, 2.05) is 20.8 Å². The molecule has 1 N–H and O–H groups in total. The molecule has 0 radical (unpaired) electrons. The van der Waals surface area contributed by atoms with Crippen LogP contribution in [0, 0.1) is 11.3 Å². The molecular formula is C10H22O2Si. The van der Waals surface area contributed by atoms with Gasteiger partial charge >= 0.3 is 5.97 Å². The molecule has 0 aromatic heterocycles. The van der Waals surface area contributed by atoms with E-state index in [1.54, 1.807) is 0 Å². The van der Waals surface area contributed by atoms with Crippen molar-refractivity contribution >= 4 is 14.0 Å². The van der Waals surface area contributed by atoms with E-state index in [4.69, 9.17) is 0 Å². The summed E-state index contributed by atoms with van der Waals surface area (Å²) in [6, 6.07) is 0.854. The van der Waals surface area contributed by atoms with Crippen LogP contribution in [0.1, 0.15) is 20.8 Å². The summed E-state index contributed by atoms with van der Waals surface area (Å²) in [7, 11) is -1.30.